The van der Waals surface area contributed by atoms with Crippen molar-refractivity contribution in [2.75, 3.05) is 7.11 Å². The van der Waals surface area contributed by atoms with E-state index in [-0.39, 0.29) is 20.3 Å². The molecule has 0 N–H and O–H groups in total. The molecule has 0 saturated heterocycles. The van der Waals surface area contributed by atoms with Crippen LogP contribution in [-0.2, 0) is 0 Å². The summed E-state index contributed by atoms with van der Waals surface area (Å²) in [6.45, 7) is 0. The molecule has 5 nitrogen and oxygen atoms in total. The molecule has 114 valence electrons. The van der Waals surface area contributed by atoms with Gasteiger partial charge in [0.25, 0.3) is 0 Å². The number of fused-ring (bicyclic) bond motifs is 1. The van der Waals surface area contributed by atoms with Crippen LogP contribution >= 0.6 is 11.3 Å². The first kappa shape index (κ1) is 14.4. The SMILES string of the molecule is COc1ccccc1-c1nnc(-n2[se]c3ccccc3c2=O)s1. The fraction of sp³-hybridized carbons (Fsp3) is 0.0625. The van der Waals surface area contributed by atoms with E-state index >= 15 is 0 Å². The summed E-state index contributed by atoms with van der Waals surface area (Å²) >= 11 is 1.31. The molecule has 0 fully saturated rings. The quantitative estimate of drug-likeness (QED) is 0.507. The standard InChI is InChI=1S/C16H11N3O2SSe/c1-21-12-8-4-2-6-10(12)14-17-18-16(22-14)19-15(20)11-7-3-5-9-13(11)23-19/h2-9H,1H3. The summed E-state index contributed by atoms with van der Waals surface area (Å²) in [7, 11) is 1.63. The van der Waals surface area contributed by atoms with Gasteiger partial charge >= 0.3 is 142 Å². The number of aromatic nitrogens is 3. The molecule has 2 aromatic carbocycles. The van der Waals surface area contributed by atoms with Gasteiger partial charge in [-0.15, -0.1) is 0 Å². The monoisotopic (exact) mass is 389 g/mol. The molecule has 0 aliphatic rings. The Hall–Kier alpha value is -2.21. The van der Waals surface area contributed by atoms with E-state index in [0.29, 0.717) is 5.13 Å². The number of rotatable bonds is 3. The van der Waals surface area contributed by atoms with Crippen LogP contribution in [-0.4, -0.2) is 35.6 Å². The van der Waals surface area contributed by atoms with Gasteiger partial charge in [-0.2, -0.15) is 0 Å². The molecule has 0 aliphatic heterocycles. The summed E-state index contributed by atoms with van der Waals surface area (Å²) in [6, 6.07) is 15.4. The van der Waals surface area contributed by atoms with Crippen LogP contribution in [0.4, 0.5) is 0 Å². The van der Waals surface area contributed by atoms with Gasteiger partial charge in [0.2, 0.25) is 0 Å². The fourth-order valence-electron chi connectivity index (χ4n) is 2.33. The Kier molecular flexibility index (Phi) is 3.61. The van der Waals surface area contributed by atoms with Crippen LogP contribution in [0.25, 0.3) is 25.3 Å². The second-order valence-electron chi connectivity index (χ2n) is 4.78. The Bertz CT molecular complexity index is 1050. The summed E-state index contributed by atoms with van der Waals surface area (Å²) in [5, 5.41) is 10.6. The van der Waals surface area contributed by atoms with Crippen molar-refractivity contribution in [3.63, 3.8) is 0 Å². The number of ether oxygens (including phenoxy) is 1. The molecule has 0 radical (unpaired) electrons. The summed E-state index contributed by atoms with van der Waals surface area (Å²) in [4.78, 5) is 12.5. The molecule has 7 heteroatoms. The zero-order valence-electron chi connectivity index (χ0n) is 12.1. The molecule has 0 spiro atoms. The summed E-state index contributed by atoms with van der Waals surface area (Å²) in [6.07, 6.45) is 0. The minimum absolute atomic E-state index is 0.00308. The van der Waals surface area contributed by atoms with E-state index in [0.717, 1.165) is 26.0 Å². The number of nitrogens with zero attached hydrogens (tertiary/aromatic N) is 3. The molecule has 4 rings (SSSR count). The second kappa shape index (κ2) is 5.77. The fourth-order valence-corrected chi connectivity index (χ4v) is 5.39. The van der Waals surface area contributed by atoms with Gasteiger partial charge in [-0.05, 0) is 0 Å². The van der Waals surface area contributed by atoms with Crippen molar-refractivity contribution in [1.29, 1.82) is 0 Å². The Balaban J connectivity index is 1.84. The van der Waals surface area contributed by atoms with Crippen molar-refractivity contribution in [1.82, 2.24) is 13.8 Å². The van der Waals surface area contributed by atoms with Crippen LogP contribution in [0.3, 0.4) is 0 Å². The number of methoxy groups -OCH3 is 1. The zero-order chi connectivity index (χ0) is 15.8. The van der Waals surface area contributed by atoms with Crippen molar-refractivity contribution in [2.45, 2.75) is 0 Å². The summed E-state index contributed by atoms with van der Waals surface area (Å²) in [5.41, 5.74) is 0.888. The molecular formula is C16H11N3O2SSe. The summed E-state index contributed by atoms with van der Waals surface area (Å²) < 4.78 is 8.18. The molecule has 0 amide bonds. The van der Waals surface area contributed by atoms with Gasteiger partial charge in [-0.1, -0.05) is 0 Å². The Morgan fingerprint density at radius 3 is 2.70 bits per heavy atom. The van der Waals surface area contributed by atoms with Gasteiger partial charge < -0.3 is 0 Å². The van der Waals surface area contributed by atoms with Crippen molar-refractivity contribution < 1.29 is 4.74 Å². The minimum atomic E-state index is -0.0920. The molecule has 2 heterocycles. The third kappa shape index (κ3) is 2.43. The third-order valence-electron chi connectivity index (χ3n) is 3.42. The Labute approximate surface area is 141 Å². The van der Waals surface area contributed by atoms with Crippen molar-refractivity contribution >= 4 is 35.7 Å². The number of para-hydroxylation sites is 1. The van der Waals surface area contributed by atoms with E-state index < -0.39 is 0 Å². The Morgan fingerprint density at radius 1 is 1.09 bits per heavy atom. The van der Waals surface area contributed by atoms with Gasteiger partial charge in [-0.3, -0.25) is 0 Å². The predicted octanol–water partition coefficient (Wildman–Crippen LogP) is 2.57. The number of hydrogen-bond acceptors (Lipinski definition) is 5. The molecular weight excluding hydrogens is 377 g/mol. The predicted molar refractivity (Wildman–Crippen MR) is 91.9 cm³/mol. The second-order valence-corrected chi connectivity index (χ2v) is 7.80. The molecule has 23 heavy (non-hydrogen) atoms. The molecule has 4 aromatic rings. The van der Waals surface area contributed by atoms with Crippen LogP contribution in [0.5, 0.6) is 5.75 Å². The van der Waals surface area contributed by atoms with Gasteiger partial charge in [0, 0.05) is 0 Å². The average Bonchev–Trinajstić information content (AvgIpc) is 3.20. The molecule has 0 aliphatic carbocycles. The first-order valence-corrected chi connectivity index (χ1v) is 9.30. The van der Waals surface area contributed by atoms with Crippen LogP contribution in [0, 0.1) is 0 Å². The van der Waals surface area contributed by atoms with Crippen LogP contribution in [0.2, 0.25) is 0 Å². The van der Waals surface area contributed by atoms with Gasteiger partial charge in [0.1, 0.15) is 0 Å². The molecule has 0 unspecified atom stereocenters. The molecule has 0 atom stereocenters. The van der Waals surface area contributed by atoms with Gasteiger partial charge in [-0.25, -0.2) is 0 Å². The third-order valence-corrected chi connectivity index (χ3v) is 6.87. The molecule has 0 bridgehead atoms. The first-order chi connectivity index (χ1) is 11.3. The zero-order valence-corrected chi connectivity index (χ0v) is 14.6. The molecule has 2 aromatic heterocycles. The van der Waals surface area contributed by atoms with E-state index in [1.807, 2.05) is 48.5 Å². The van der Waals surface area contributed by atoms with E-state index in [9.17, 15) is 4.79 Å². The van der Waals surface area contributed by atoms with Crippen LogP contribution in [0.1, 0.15) is 0 Å². The van der Waals surface area contributed by atoms with E-state index in [1.54, 1.807) is 10.7 Å². The molecule has 0 saturated carbocycles. The Morgan fingerprint density at radius 2 is 1.87 bits per heavy atom. The van der Waals surface area contributed by atoms with Gasteiger partial charge in [0.15, 0.2) is 0 Å². The topological polar surface area (TPSA) is 57.0 Å². The van der Waals surface area contributed by atoms with Crippen LogP contribution < -0.4 is 10.3 Å². The maximum atomic E-state index is 12.5. The van der Waals surface area contributed by atoms with Crippen molar-refractivity contribution in [3.8, 4) is 21.5 Å². The number of hydrogen-bond donors (Lipinski definition) is 0. The van der Waals surface area contributed by atoms with E-state index in [1.165, 1.54) is 11.3 Å². The normalized spacial score (nSPS) is 11.0. The van der Waals surface area contributed by atoms with Crippen molar-refractivity contribution in [2.24, 2.45) is 0 Å². The average molecular weight is 388 g/mol. The maximum absolute atomic E-state index is 12.5. The first-order valence-electron chi connectivity index (χ1n) is 6.86. The summed E-state index contributed by atoms with van der Waals surface area (Å²) in [5.74, 6) is 0.747. The van der Waals surface area contributed by atoms with E-state index in [4.69, 9.17) is 4.74 Å². The van der Waals surface area contributed by atoms with Crippen LogP contribution in [0.15, 0.2) is 53.3 Å². The van der Waals surface area contributed by atoms with Gasteiger partial charge in [0.05, 0.1) is 0 Å². The van der Waals surface area contributed by atoms with E-state index in [2.05, 4.69) is 10.2 Å². The van der Waals surface area contributed by atoms with Crippen molar-refractivity contribution in [3.05, 3.63) is 58.9 Å². The number of benzene rings is 2.